The Morgan fingerprint density at radius 2 is 2.09 bits per heavy atom. The van der Waals surface area contributed by atoms with E-state index in [0.717, 1.165) is 5.56 Å². The molecule has 0 bridgehead atoms. The first-order valence-corrected chi connectivity index (χ1v) is 10.8. The van der Waals surface area contributed by atoms with Gasteiger partial charge in [-0.2, -0.15) is 10.4 Å². The van der Waals surface area contributed by atoms with Crippen LogP contribution in [0.3, 0.4) is 0 Å². The smallest absolute Gasteiger partial charge is 0.296 e. The number of hydrogen-bond donors (Lipinski definition) is 2. The first-order valence-electron chi connectivity index (χ1n) is 10.4. The van der Waals surface area contributed by atoms with Crippen molar-refractivity contribution in [2.24, 2.45) is 14.1 Å². The third-order valence-electron chi connectivity index (χ3n) is 5.67. The minimum Gasteiger partial charge on any atom is -0.501 e. The molecule has 0 saturated heterocycles. The molecule has 178 valence electrons. The zero-order valence-electron chi connectivity index (χ0n) is 18.9. The lowest BCUT2D eigenvalue weighted by molar-refractivity contribution is 0.101. The highest BCUT2D eigenvalue weighted by Gasteiger charge is 2.31. The van der Waals surface area contributed by atoms with Crippen LogP contribution in [0.25, 0.3) is 0 Å². The van der Waals surface area contributed by atoms with E-state index in [1.807, 2.05) is 0 Å². The van der Waals surface area contributed by atoms with Gasteiger partial charge in [0.05, 0.1) is 24.0 Å². The van der Waals surface area contributed by atoms with Crippen LogP contribution in [-0.4, -0.2) is 35.5 Å². The van der Waals surface area contributed by atoms with Crippen molar-refractivity contribution in [2.75, 3.05) is 5.32 Å². The second kappa shape index (κ2) is 9.44. The number of carbonyl (C=O) groups is 1. The van der Waals surface area contributed by atoms with Gasteiger partial charge in [0.2, 0.25) is 5.75 Å². The van der Waals surface area contributed by atoms with E-state index in [2.05, 4.69) is 26.6 Å². The monoisotopic (exact) mass is 493 g/mol. The first kappa shape index (κ1) is 23.7. The SMILES string of the molecule is C[C@H](c1nc(C(=O)Nc2cnoc2)c(O)c(=O)n1C)[C@H](c1cnn(C)c1)c1cc(Cl)ccc1C#N. The van der Waals surface area contributed by atoms with E-state index >= 15 is 0 Å². The molecule has 4 rings (SSSR count). The van der Waals surface area contributed by atoms with E-state index in [4.69, 9.17) is 16.1 Å². The predicted molar refractivity (Wildman–Crippen MR) is 125 cm³/mol. The van der Waals surface area contributed by atoms with E-state index < -0.39 is 34.7 Å². The van der Waals surface area contributed by atoms with Crippen LogP contribution in [0.4, 0.5) is 5.69 Å². The number of rotatable bonds is 6. The summed E-state index contributed by atoms with van der Waals surface area (Å²) in [6, 6.07) is 7.11. The summed E-state index contributed by atoms with van der Waals surface area (Å²) >= 11 is 6.27. The molecule has 35 heavy (non-hydrogen) atoms. The van der Waals surface area contributed by atoms with Crippen molar-refractivity contribution < 1.29 is 14.4 Å². The number of nitriles is 1. The lowest BCUT2D eigenvalue weighted by atomic mass is 9.80. The Morgan fingerprint density at radius 1 is 1.31 bits per heavy atom. The number of benzene rings is 1. The Labute approximate surface area is 204 Å². The maximum absolute atomic E-state index is 12.9. The van der Waals surface area contributed by atoms with Gasteiger partial charge >= 0.3 is 0 Å². The number of aromatic nitrogens is 5. The molecule has 0 saturated carbocycles. The molecule has 0 aliphatic rings. The quantitative estimate of drug-likeness (QED) is 0.416. The van der Waals surface area contributed by atoms with E-state index in [9.17, 15) is 20.0 Å². The molecular formula is C23H20ClN7O4. The number of hydrogen-bond acceptors (Lipinski definition) is 8. The van der Waals surface area contributed by atoms with E-state index in [1.165, 1.54) is 24.1 Å². The van der Waals surface area contributed by atoms with Crippen molar-refractivity contribution >= 4 is 23.2 Å². The average Bonchev–Trinajstić information content (AvgIpc) is 3.49. The highest BCUT2D eigenvalue weighted by atomic mass is 35.5. The third-order valence-corrected chi connectivity index (χ3v) is 5.90. The second-order valence-corrected chi connectivity index (χ2v) is 8.39. The van der Waals surface area contributed by atoms with E-state index in [-0.39, 0.29) is 11.5 Å². The van der Waals surface area contributed by atoms with Gasteiger partial charge in [-0.25, -0.2) is 4.98 Å². The first-order chi connectivity index (χ1) is 16.7. The normalized spacial score (nSPS) is 12.7. The molecule has 0 spiro atoms. The van der Waals surface area contributed by atoms with Crippen LogP contribution >= 0.6 is 11.6 Å². The topological polar surface area (TPSA) is 152 Å². The molecule has 12 heteroatoms. The van der Waals surface area contributed by atoms with Gasteiger partial charge in [0.1, 0.15) is 17.8 Å². The Bertz CT molecular complexity index is 1500. The van der Waals surface area contributed by atoms with E-state index in [1.54, 1.807) is 49.2 Å². The minimum absolute atomic E-state index is 0.209. The molecule has 3 aromatic heterocycles. The van der Waals surface area contributed by atoms with Gasteiger partial charge in [0.15, 0.2) is 5.69 Å². The Kier molecular flexibility index (Phi) is 6.40. The number of aromatic hydroxyl groups is 1. The average molecular weight is 494 g/mol. The van der Waals surface area contributed by atoms with Crippen LogP contribution < -0.4 is 10.9 Å². The van der Waals surface area contributed by atoms with Crippen molar-refractivity contribution in [1.82, 2.24) is 24.5 Å². The number of halogens is 1. The molecule has 0 unspecified atom stereocenters. The minimum atomic E-state index is -0.810. The molecule has 1 aromatic carbocycles. The van der Waals surface area contributed by atoms with Gasteiger partial charge in [-0.1, -0.05) is 23.7 Å². The molecule has 2 N–H and O–H groups in total. The van der Waals surface area contributed by atoms with Crippen molar-refractivity contribution in [1.29, 1.82) is 5.26 Å². The van der Waals surface area contributed by atoms with Crippen LogP contribution in [0.15, 0.2) is 52.4 Å². The van der Waals surface area contributed by atoms with Gasteiger partial charge in [0, 0.05) is 37.2 Å². The molecule has 0 fully saturated rings. The molecule has 0 radical (unpaired) electrons. The maximum Gasteiger partial charge on any atom is 0.296 e. The van der Waals surface area contributed by atoms with Crippen molar-refractivity contribution in [3.63, 3.8) is 0 Å². The largest absolute Gasteiger partial charge is 0.501 e. The lowest BCUT2D eigenvalue weighted by Crippen LogP contribution is -2.29. The highest BCUT2D eigenvalue weighted by molar-refractivity contribution is 6.30. The lowest BCUT2D eigenvalue weighted by Gasteiger charge is -2.26. The van der Waals surface area contributed by atoms with Crippen LogP contribution in [0.2, 0.25) is 5.02 Å². The standard InChI is InChI=1S/C23H20ClN7O4/c1-12(18(14-8-26-30(2)10-14)17-6-15(24)5-4-13(17)7-25)21-29-19(20(32)23(34)31(21)3)22(33)28-16-9-27-35-11-16/h4-6,8-12,18,32H,1-3H3,(H,28,33)/t12-,18+/m0/s1. The number of nitrogens with one attached hydrogen (secondary N) is 1. The predicted octanol–water partition coefficient (Wildman–Crippen LogP) is 2.92. The van der Waals surface area contributed by atoms with Crippen LogP contribution in [0.1, 0.15) is 51.8 Å². The van der Waals surface area contributed by atoms with Gasteiger partial charge in [-0.3, -0.25) is 18.8 Å². The summed E-state index contributed by atoms with van der Waals surface area (Å²) in [6.07, 6.45) is 5.91. The molecule has 4 aromatic rings. The third kappa shape index (κ3) is 4.51. The van der Waals surface area contributed by atoms with Gasteiger partial charge in [0.25, 0.3) is 11.5 Å². The Hall–Kier alpha value is -4.43. The summed E-state index contributed by atoms with van der Waals surface area (Å²) < 4.78 is 7.49. The number of nitrogens with zero attached hydrogens (tertiary/aromatic N) is 6. The van der Waals surface area contributed by atoms with Crippen molar-refractivity contribution in [3.05, 3.63) is 86.6 Å². The second-order valence-electron chi connectivity index (χ2n) is 7.96. The molecule has 0 aliphatic heterocycles. The Morgan fingerprint density at radius 3 is 2.71 bits per heavy atom. The molecule has 1 amide bonds. The number of carbonyl (C=O) groups excluding carboxylic acids is 1. The summed E-state index contributed by atoms with van der Waals surface area (Å²) in [4.78, 5) is 30.1. The summed E-state index contributed by atoms with van der Waals surface area (Å²) in [5, 5.41) is 30.8. The molecule has 0 aliphatic carbocycles. The maximum atomic E-state index is 12.9. The van der Waals surface area contributed by atoms with Crippen molar-refractivity contribution in [2.45, 2.75) is 18.8 Å². The molecule has 11 nitrogen and oxygen atoms in total. The number of aryl methyl sites for hydroxylation is 1. The van der Waals surface area contributed by atoms with Crippen LogP contribution in [0, 0.1) is 11.3 Å². The Balaban J connectivity index is 1.87. The molecular weight excluding hydrogens is 474 g/mol. The molecule has 2 atom stereocenters. The van der Waals surface area contributed by atoms with Crippen LogP contribution in [-0.2, 0) is 14.1 Å². The van der Waals surface area contributed by atoms with Gasteiger partial charge in [-0.05, 0) is 29.3 Å². The highest BCUT2D eigenvalue weighted by Crippen LogP contribution is 2.39. The summed E-state index contributed by atoms with van der Waals surface area (Å²) in [6.45, 7) is 1.81. The summed E-state index contributed by atoms with van der Waals surface area (Å²) in [5.74, 6) is -2.45. The van der Waals surface area contributed by atoms with Gasteiger partial charge in [-0.15, -0.1) is 0 Å². The van der Waals surface area contributed by atoms with Crippen molar-refractivity contribution in [3.8, 4) is 11.8 Å². The summed E-state index contributed by atoms with van der Waals surface area (Å²) in [7, 11) is 3.21. The number of amides is 1. The number of anilines is 1. The fourth-order valence-corrected chi connectivity index (χ4v) is 4.19. The van der Waals surface area contributed by atoms with Gasteiger partial charge < -0.3 is 14.9 Å². The fourth-order valence-electron chi connectivity index (χ4n) is 4.01. The van der Waals surface area contributed by atoms with Crippen LogP contribution in [0.5, 0.6) is 5.75 Å². The molecule has 3 heterocycles. The zero-order chi connectivity index (χ0) is 25.3. The van der Waals surface area contributed by atoms with E-state index in [0.29, 0.717) is 16.1 Å². The zero-order valence-corrected chi connectivity index (χ0v) is 19.7. The fraction of sp³-hybridized carbons (Fsp3) is 0.217. The summed E-state index contributed by atoms with van der Waals surface area (Å²) in [5.41, 5.74) is 0.734.